The van der Waals surface area contributed by atoms with Crippen molar-refractivity contribution >= 4 is 16.9 Å². The number of ether oxygens (including phenoxy) is 2. The summed E-state index contributed by atoms with van der Waals surface area (Å²) in [6.45, 7) is 6.85. The SMILES string of the molecule is C/C=C(/C)C(=O)O[C@@H]1Cc2c(c([C@H](CCCO)C3=CCNC(N)=C3)c3oc(CO)cc(=O)c3c2O)OC1(C)C. The van der Waals surface area contributed by atoms with Gasteiger partial charge in [-0.15, -0.1) is 0 Å². The predicted octanol–water partition coefficient (Wildman–Crippen LogP) is 2.77. The van der Waals surface area contributed by atoms with E-state index in [2.05, 4.69) is 5.32 Å². The second-order valence-corrected chi connectivity index (χ2v) is 10.4. The largest absolute Gasteiger partial charge is 0.507 e. The summed E-state index contributed by atoms with van der Waals surface area (Å²) < 4.78 is 18.3. The van der Waals surface area contributed by atoms with Crippen molar-refractivity contribution in [3.8, 4) is 11.5 Å². The summed E-state index contributed by atoms with van der Waals surface area (Å²) >= 11 is 0. The Hall–Kier alpha value is -3.76. The first kappa shape index (κ1) is 28.3. The van der Waals surface area contributed by atoms with Gasteiger partial charge in [0.05, 0.1) is 5.82 Å². The quantitative estimate of drug-likeness (QED) is 0.248. The van der Waals surface area contributed by atoms with E-state index in [0.29, 0.717) is 47.7 Å². The highest BCUT2D eigenvalue weighted by Crippen LogP contribution is 2.51. The number of rotatable bonds is 8. The zero-order valence-electron chi connectivity index (χ0n) is 22.7. The number of aliphatic hydroxyl groups is 2. The number of nitrogens with one attached hydrogen (secondary N) is 1. The Labute approximate surface area is 226 Å². The van der Waals surface area contributed by atoms with Crippen LogP contribution in [-0.2, 0) is 22.6 Å². The van der Waals surface area contributed by atoms with Gasteiger partial charge in [-0.05, 0) is 52.2 Å². The van der Waals surface area contributed by atoms with Gasteiger partial charge < -0.3 is 40.3 Å². The molecule has 1 aromatic heterocycles. The molecule has 3 heterocycles. The minimum Gasteiger partial charge on any atom is -0.507 e. The van der Waals surface area contributed by atoms with Gasteiger partial charge >= 0.3 is 5.97 Å². The fourth-order valence-corrected chi connectivity index (χ4v) is 5.06. The summed E-state index contributed by atoms with van der Waals surface area (Å²) in [5.41, 5.74) is 6.71. The van der Waals surface area contributed by atoms with Crippen LogP contribution in [0.4, 0.5) is 0 Å². The molecule has 6 N–H and O–H groups in total. The van der Waals surface area contributed by atoms with E-state index in [1.807, 2.05) is 6.08 Å². The lowest BCUT2D eigenvalue weighted by molar-refractivity contribution is -0.156. The van der Waals surface area contributed by atoms with Crippen LogP contribution in [0.2, 0.25) is 0 Å². The Morgan fingerprint density at radius 3 is 2.74 bits per heavy atom. The maximum atomic E-state index is 13.2. The minimum absolute atomic E-state index is 0.0343. The number of nitrogens with two attached hydrogens (primary N) is 1. The fraction of sp³-hybridized carbons (Fsp3) is 0.448. The molecule has 2 aliphatic rings. The van der Waals surface area contributed by atoms with Crippen molar-refractivity contribution < 1.29 is 34.0 Å². The standard InChI is InChI=1S/C29H36N2O8/c1-5-15(2)28(36)38-21-13-19-25(35)24-20(34)12-17(14-33)37-27(24)23(26(19)39-29(21,3)4)18(7-6-10-32)16-8-9-31-22(30)11-16/h5,8,11-12,18,21,31-33,35H,6-7,9-10,13-14,30H2,1-4H3/b15-5-/t18-,21-/m1/s1. The summed E-state index contributed by atoms with van der Waals surface area (Å²) in [5, 5.41) is 33.9. The van der Waals surface area contributed by atoms with Crippen molar-refractivity contribution in [2.45, 2.75) is 71.2 Å². The lowest BCUT2D eigenvalue weighted by atomic mass is 9.80. The number of carbonyl (C=O) groups excluding carboxylic acids is 1. The molecule has 4 rings (SSSR count). The van der Waals surface area contributed by atoms with E-state index in [1.165, 1.54) is 0 Å². The van der Waals surface area contributed by atoms with E-state index < -0.39 is 35.6 Å². The van der Waals surface area contributed by atoms with Crippen LogP contribution in [0.15, 0.2) is 50.5 Å². The van der Waals surface area contributed by atoms with E-state index in [0.717, 1.165) is 11.6 Å². The average molecular weight is 541 g/mol. The first-order valence-corrected chi connectivity index (χ1v) is 13.0. The fourth-order valence-electron chi connectivity index (χ4n) is 5.06. The van der Waals surface area contributed by atoms with Crippen molar-refractivity contribution in [1.29, 1.82) is 0 Å². The molecule has 0 fully saturated rings. The van der Waals surface area contributed by atoms with Crippen molar-refractivity contribution in [1.82, 2.24) is 5.32 Å². The molecule has 2 aromatic rings. The molecule has 0 saturated heterocycles. The zero-order chi connectivity index (χ0) is 28.5. The van der Waals surface area contributed by atoms with Crippen LogP contribution in [0.3, 0.4) is 0 Å². The molecule has 0 radical (unpaired) electrons. The van der Waals surface area contributed by atoms with Gasteiger partial charge in [-0.1, -0.05) is 12.2 Å². The Kier molecular flexibility index (Phi) is 8.08. The Balaban J connectivity index is 2.02. The summed E-state index contributed by atoms with van der Waals surface area (Å²) in [4.78, 5) is 25.9. The number of aromatic hydroxyl groups is 1. The molecule has 2 aliphatic heterocycles. The second kappa shape index (κ2) is 11.2. The highest BCUT2D eigenvalue weighted by atomic mass is 16.6. The number of phenols is 1. The van der Waals surface area contributed by atoms with Crippen LogP contribution < -0.4 is 21.2 Å². The molecule has 0 amide bonds. The molecule has 0 spiro atoms. The van der Waals surface area contributed by atoms with Gasteiger partial charge in [0.15, 0.2) is 5.43 Å². The number of benzene rings is 1. The number of aliphatic hydroxyl groups excluding tert-OH is 2. The molecular formula is C29H36N2O8. The van der Waals surface area contributed by atoms with Crippen molar-refractivity contribution in [2.24, 2.45) is 5.73 Å². The number of fused-ring (bicyclic) bond motifs is 2. The Morgan fingerprint density at radius 1 is 1.36 bits per heavy atom. The smallest absolute Gasteiger partial charge is 0.333 e. The predicted molar refractivity (Wildman–Crippen MR) is 145 cm³/mol. The van der Waals surface area contributed by atoms with Gasteiger partial charge in [0.1, 0.15) is 46.5 Å². The van der Waals surface area contributed by atoms with E-state index in [4.69, 9.17) is 19.6 Å². The van der Waals surface area contributed by atoms with Gasteiger partial charge in [-0.3, -0.25) is 4.79 Å². The summed E-state index contributed by atoms with van der Waals surface area (Å²) in [6.07, 6.45) is 5.59. The first-order chi connectivity index (χ1) is 18.5. The third-order valence-corrected chi connectivity index (χ3v) is 7.34. The van der Waals surface area contributed by atoms with E-state index in [1.54, 1.807) is 39.8 Å². The van der Waals surface area contributed by atoms with E-state index >= 15 is 0 Å². The second-order valence-electron chi connectivity index (χ2n) is 10.4. The number of carbonyl (C=O) groups is 1. The number of hydrogen-bond donors (Lipinski definition) is 5. The Morgan fingerprint density at radius 2 is 2.10 bits per heavy atom. The molecular weight excluding hydrogens is 504 g/mol. The number of hydrogen-bond acceptors (Lipinski definition) is 10. The normalized spacial score (nSPS) is 19.3. The molecule has 0 unspecified atom stereocenters. The summed E-state index contributed by atoms with van der Waals surface area (Å²) in [6, 6.07) is 1.14. The van der Waals surface area contributed by atoms with Crippen LogP contribution >= 0.6 is 0 Å². The molecule has 1 aromatic carbocycles. The minimum atomic E-state index is -1.01. The first-order valence-electron chi connectivity index (χ1n) is 13.0. The zero-order valence-corrected chi connectivity index (χ0v) is 22.7. The third-order valence-electron chi connectivity index (χ3n) is 7.34. The monoisotopic (exact) mass is 540 g/mol. The van der Waals surface area contributed by atoms with Crippen LogP contribution in [0, 0.1) is 0 Å². The van der Waals surface area contributed by atoms with Gasteiger partial charge in [0.25, 0.3) is 0 Å². The third kappa shape index (κ3) is 5.39. The van der Waals surface area contributed by atoms with Crippen LogP contribution in [0.1, 0.15) is 63.3 Å². The van der Waals surface area contributed by atoms with Gasteiger partial charge in [0.2, 0.25) is 0 Å². The van der Waals surface area contributed by atoms with E-state index in [9.17, 15) is 24.9 Å². The number of dihydropyridines is 1. The number of phenolic OH excluding ortho intramolecular Hbond substituents is 1. The average Bonchev–Trinajstić information content (AvgIpc) is 2.90. The number of esters is 1. The molecule has 39 heavy (non-hydrogen) atoms. The Bertz CT molecular complexity index is 1430. The maximum absolute atomic E-state index is 13.2. The molecule has 0 aliphatic carbocycles. The lowest BCUT2D eigenvalue weighted by Crippen LogP contribution is -2.49. The van der Waals surface area contributed by atoms with Crippen molar-refractivity contribution in [3.63, 3.8) is 0 Å². The number of allylic oxidation sites excluding steroid dienone is 3. The molecule has 10 nitrogen and oxygen atoms in total. The molecule has 10 heteroatoms. The van der Waals surface area contributed by atoms with Gasteiger partial charge in [-0.2, -0.15) is 0 Å². The summed E-state index contributed by atoms with van der Waals surface area (Å²) in [7, 11) is 0. The highest BCUT2D eigenvalue weighted by molar-refractivity contribution is 5.92. The van der Waals surface area contributed by atoms with Crippen molar-refractivity contribution in [3.05, 3.63) is 68.4 Å². The maximum Gasteiger partial charge on any atom is 0.333 e. The highest BCUT2D eigenvalue weighted by Gasteiger charge is 2.44. The van der Waals surface area contributed by atoms with Crippen LogP contribution in [0.5, 0.6) is 11.5 Å². The van der Waals surface area contributed by atoms with E-state index in [-0.39, 0.29) is 35.5 Å². The molecule has 2 atom stereocenters. The van der Waals surface area contributed by atoms with Gasteiger partial charge in [-0.25, -0.2) is 4.79 Å². The summed E-state index contributed by atoms with van der Waals surface area (Å²) in [5.74, 6) is -0.455. The van der Waals surface area contributed by atoms with Gasteiger partial charge in [0, 0.05) is 48.3 Å². The molecule has 0 bridgehead atoms. The topological polar surface area (TPSA) is 164 Å². The molecule has 210 valence electrons. The lowest BCUT2D eigenvalue weighted by Gasteiger charge is -2.41. The van der Waals surface area contributed by atoms with Crippen LogP contribution in [-0.4, -0.2) is 46.1 Å². The van der Waals surface area contributed by atoms with Crippen LogP contribution in [0.25, 0.3) is 11.0 Å². The van der Waals surface area contributed by atoms with Crippen molar-refractivity contribution in [2.75, 3.05) is 13.2 Å². The molecule has 0 saturated carbocycles.